The Balaban J connectivity index is 3.64. The van der Waals surface area contributed by atoms with Crippen LogP contribution in [0.1, 0.15) is 6.92 Å². The second kappa shape index (κ2) is 2.87. The molecule has 0 aliphatic rings. The summed E-state index contributed by atoms with van der Waals surface area (Å²) in [5.74, 6) is -1.32. The smallest absolute Gasteiger partial charge is 0.324 e. The van der Waals surface area contributed by atoms with Crippen molar-refractivity contribution in [1.82, 2.24) is 0 Å². The molecule has 1 N–H and O–H groups in total. The van der Waals surface area contributed by atoms with E-state index in [9.17, 15) is 9.18 Å². The average molecular weight is 141 g/mol. The minimum absolute atomic E-state index is 1.10. The van der Waals surface area contributed by atoms with Gasteiger partial charge in [0, 0.05) is 0 Å². The van der Waals surface area contributed by atoms with Crippen molar-refractivity contribution in [2.24, 2.45) is 0 Å². The number of carboxylic acid groups (broad SMARTS) is 1. The van der Waals surface area contributed by atoms with Crippen LogP contribution in [0.5, 0.6) is 0 Å². The largest absolute Gasteiger partial charge is 0.480 e. The predicted octanol–water partition coefficient (Wildman–Crippen LogP) is 1.04. The molecule has 48 valence electrons. The summed E-state index contributed by atoms with van der Waals surface area (Å²) in [7, 11) is 0. The first-order chi connectivity index (χ1) is 3.55. The Bertz CT molecular complexity index is 94.0. The van der Waals surface area contributed by atoms with Crippen LogP contribution in [0.2, 0.25) is 0 Å². The molecule has 0 aliphatic heterocycles. The third-order valence-electron chi connectivity index (χ3n) is 0.639. The van der Waals surface area contributed by atoms with Gasteiger partial charge in [0.05, 0.1) is 0 Å². The molecule has 0 bridgehead atoms. The van der Waals surface area contributed by atoms with Gasteiger partial charge in [0.25, 0.3) is 0 Å². The van der Waals surface area contributed by atoms with Crippen LogP contribution in [0, 0.1) is 0 Å². The minimum atomic E-state index is -1.49. The van der Waals surface area contributed by atoms with E-state index in [1.54, 1.807) is 0 Å². The van der Waals surface area contributed by atoms with Crippen molar-refractivity contribution in [3.05, 3.63) is 0 Å². The zero-order valence-corrected chi connectivity index (χ0v) is 5.02. The van der Waals surface area contributed by atoms with Crippen molar-refractivity contribution in [3.8, 4) is 0 Å². The molecule has 0 fully saturated rings. The summed E-state index contributed by atoms with van der Waals surface area (Å²) in [5.41, 5.74) is 0. The molecule has 0 saturated heterocycles. The lowest BCUT2D eigenvalue weighted by molar-refractivity contribution is -0.137. The van der Waals surface area contributed by atoms with Gasteiger partial charge in [0.2, 0.25) is 0 Å². The molecule has 4 heteroatoms. The van der Waals surface area contributed by atoms with Gasteiger partial charge in [0.1, 0.15) is 6.17 Å². The molecular weight excluding hydrogens is 134 g/mol. The first kappa shape index (κ1) is 7.69. The molecule has 2 unspecified atom stereocenters. The predicted molar refractivity (Wildman–Crippen MR) is 27.8 cm³/mol. The Labute approximate surface area is 51.3 Å². The fraction of sp³-hybridized carbons (Fsp3) is 0.750. The van der Waals surface area contributed by atoms with E-state index in [4.69, 9.17) is 16.7 Å². The molecule has 0 rings (SSSR count). The van der Waals surface area contributed by atoms with Crippen LogP contribution in [0.3, 0.4) is 0 Å². The number of rotatable bonds is 2. The number of carboxylic acids is 1. The maximum Gasteiger partial charge on any atom is 0.324 e. The monoisotopic (exact) mass is 140 g/mol. The van der Waals surface area contributed by atoms with E-state index in [0.717, 1.165) is 6.92 Å². The summed E-state index contributed by atoms with van der Waals surface area (Å²) in [6.45, 7) is 1.10. The lowest BCUT2D eigenvalue weighted by Crippen LogP contribution is -2.22. The number of hydrogen-bond donors (Lipinski definition) is 1. The normalized spacial score (nSPS) is 17.4. The molecule has 0 aromatic carbocycles. The SMILES string of the molecule is CC(F)C(Cl)C(=O)O. The summed E-state index contributed by atoms with van der Waals surface area (Å²) in [6.07, 6.45) is -1.49. The quantitative estimate of drug-likeness (QED) is 0.582. The van der Waals surface area contributed by atoms with Gasteiger partial charge in [-0.15, -0.1) is 11.6 Å². The van der Waals surface area contributed by atoms with E-state index < -0.39 is 17.5 Å². The molecule has 0 amide bonds. The summed E-state index contributed by atoms with van der Waals surface area (Å²) < 4.78 is 11.8. The van der Waals surface area contributed by atoms with Crippen molar-refractivity contribution in [2.75, 3.05) is 0 Å². The highest BCUT2D eigenvalue weighted by atomic mass is 35.5. The lowest BCUT2D eigenvalue weighted by atomic mass is 10.3. The van der Waals surface area contributed by atoms with E-state index >= 15 is 0 Å². The fourth-order valence-corrected chi connectivity index (χ4v) is 0.196. The number of carbonyl (C=O) groups is 1. The van der Waals surface area contributed by atoms with Gasteiger partial charge in [-0.2, -0.15) is 0 Å². The molecule has 8 heavy (non-hydrogen) atoms. The van der Waals surface area contributed by atoms with Crippen LogP contribution in [-0.4, -0.2) is 22.6 Å². The maximum absolute atomic E-state index is 11.8. The topological polar surface area (TPSA) is 37.3 Å². The van der Waals surface area contributed by atoms with Crippen LogP contribution in [0.4, 0.5) is 4.39 Å². The molecule has 0 spiro atoms. The van der Waals surface area contributed by atoms with Gasteiger partial charge in [-0.3, -0.25) is 4.79 Å². The van der Waals surface area contributed by atoms with Gasteiger partial charge in [-0.05, 0) is 6.92 Å². The highest BCUT2D eigenvalue weighted by molar-refractivity contribution is 6.30. The van der Waals surface area contributed by atoms with E-state index in [-0.39, 0.29) is 0 Å². The van der Waals surface area contributed by atoms with E-state index in [1.165, 1.54) is 0 Å². The Morgan fingerprint density at radius 3 is 2.25 bits per heavy atom. The molecule has 0 aliphatic carbocycles. The Kier molecular flexibility index (Phi) is 2.76. The first-order valence-corrected chi connectivity index (χ1v) is 2.50. The second-order valence-corrected chi connectivity index (χ2v) is 1.89. The Morgan fingerprint density at radius 1 is 1.88 bits per heavy atom. The van der Waals surface area contributed by atoms with Crippen molar-refractivity contribution in [3.63, 3.8) is 0 Å². The van der Waals surface area contributed by atoms with Crippen molar-refractivity contribution < 1.29 is 14.3 Å². The number of aliphatic carboxylic acids is 1. The van der Waals surface area contributed by atoms with E-state index in [2.05, 4.69) is 0 Å². The molecule has 2 atom stereocenters. The van der Waals surface area contributed by atoms with Gasteiger partial charge in [-0.1, -0.05) is 0 Å². The molecular formula is C4H6ClFO2. The van der Waals surface area contributed by atoms with Crippen LogP contribution in [0.25, 0.3) is 0 Å². The molecule has 0 aromatic heterocycles. The zero-order chi connectivity index (χ0) is 6.73. The highest BCUT2D eigenvalue weighted by Gasteiger charge is 2.20. The average Bonchev–Trinajstić information content (AvgIpc) is 1.64. The van der Waals surface area contributed by atoms with Gasteiger partial charge in [-0.25, -0.2) is 4.39 Å². The minimum Gasteiger partial charge on any atom is -0.480 e. The summed E-state index contributed by atoms with van der Waals surface area (Å²) in [4.78, 5) is 9.77. The second-order valence-electron chi connectivity index (χ2n) is 1.42. The number of halogens is 2. The Morgan fingerprint density at radius 2 is 2.25 bits per heavy atom. The fourth-order valence-electron chi connectivity index (χ4n) is 0.196. The van der Waals surface area contributed by atoms with Crippen LogP contribution < -0.4 is 0 Å². The molecule has 2 nitrogen and oxygen atoms in total. The summed E-state index contributed by atoms with van der Waals surface area (Å²) >= 11 is 4.98. The van der Waals surface area contributed by atoms with Crippen LogP contribution >= 0.6 is 11.6 Å². The molecule has 0 aromatic rings. The third-order valence-corrected chi connectivity index (χ3v) is 1.17. The standard InChI is InChI=1S/C4H6ClFO2/c1-2(6)3(5)4(7)8/h2-3H,1H3,(H,7,8). The van der Waals surface area contributed by atoms with Gasteiger partial charge >= 0.3 is 5.97 Å². The van der Waals surface area contributed by atoms with Crippen molar-refractivity contribution in [1.29, 1.82) is 0 Å². The Hall–Kier alpha value is -0.310. The summed E-state index contributed by atoms with van der Waals surface area (Å²) in [6, 6.07) is 0. The molecule has 0 saturated carbocycles. The van der Waals surface area contributed by atoms with Crippen molar-refractivity contribution in [2.45, 2.75) is 18.5 Å². The molecule has 0 radical (unpaired) electrons. The molecule has 0 heterocycles. The van der Waals surface area contributed by atoms with Gasteiger partial charge < -0.3 is 5.11 Å². The lowest BCUT2D eigenvalue weighted by Gasteiger charge is -2.01. The zero-order valence-electron chi connectivity index (χ0n) is 4.27. The van der Waals surface area contributed by atoms with Crippen LogP contribution in [-0.2, 0) is 4.79 Å². The van der Waals surface area contributed by atoms with E-state index in [1.807, 2.05) is 0 Å². The first-order valence-electron chi connectivity index (χ1n) is 2.06. The maximum atomic E-state index is 11.8. The third kappa shape index (κ3) is 2.12. The number of alkyl halides is 2. The highest BCUT2D eigenvalue weighted by Crippen LogP contribution is 2.05. The van der Waals surface area contributed by atoms with Gasteiger partial charge in [0.15, 0.2) is 5.38 Å². The van der Waals surface area contributed by atoms with Crippen LogP contribution in [0.15, 0.2) is 0 Å². The number of hydrogen-bond acceptors (Lipinski definition) is 1. The van der Waals surface area contributed by atoms with E-state index in [0.29, 0.717) is 0 Å². The van der Waals surface area contributed by atoms with Crippen molar-refractivity contribution >= 4 is 17.6 Å². The summed E-state index contributed by atoms with van der Waals surface area (Å²) in [5, 5.41) is 6.57.